The molecule has 3 aromatic rings. The van der Waals surface area contributed by atoms with Crippen LogP contribution in [0.5, 0.6) is 0 Å². The van der Waals surface area contributed by atoms with E-state index < -0.39 is 20.5 Å². The molecular formula is C21H24F5N5OS2. The Hall–Kier alpha value is -2.12. The molecule has 3 heterocycles. The van der Waals surface area contributed by atoms with Gasteiger partial charge in [0.15, 0.2) is 17.3 Å². The average Bonchev–Trinajstić information content (AvgIpc) is 3.04. The van der Waals surface area contributed by atoms with Crippen molar-refractivity contribution in [3.8, 4) is 11.6 Å². The van der Waals surface area contributed by atoms with Crippen molar-refractivity contribution >= 4 is 22.0 Å². The van der Waals surface area contributed by atoms with Crippen LogP contribution in [0.25, 0.3) is 11.6 Å². The maximum atomic E-state index is 13.3. The van der Waals surface area contributed by atoms with Crippen LogP contribution in [0.2, 0.25) is 0 Å². The van der Waals surface area contributed by atoms with Gasteiger partial charge in [-0.3, -0.25) is 0 Å². The topological polar surface area (TPSA) is 60.0 Å². The lowest BCUT2D eigenvalue weighted by molar-refractivity contribution is 0.299. The van der Waals surface area contributed by atoms with E-state index in [2.05, 4.69) is 20.1 Å². The lowest BCUT2D eigenvalue weighted by Crippen LogP contribution is -2.28. The Balaban J connectivity index is 1.17. The largest absolute Gasteiger partial charge is 0.440 e. The highest BCUT2D eigenvalue weighted by molar-refractivity contribution is 8.45. The quantitative estimate of drug-likeness (QED) is 0.200. The average molecular weight is 522 g/mol. The molecular weight excluding hydrogens is 497 g/mol. The Morgan fingerprint density at radius 3 is 2.71 bits per heavy atom. The van der Waals surface area contributed by atoms with Gasteiger partial charge in [0.25, 0.3) is 0 Å². The highest BCUT2D eigenvalue weighted by Gasteiger charge is 2.66. The molecule has 0 amide bonds. The molecule has 2 fully saturated rings. The Morgan fingerprint density at radius 2 is 2.00 bits per heavy atom. The second-order valence-electron chi connectivity index (χ2n) is 9.12. The van der Waals surface area contributed by atoms with E-state index in [4.69, 9.17) is 4.42 Å². The van der Waals surface area contributed by atoms with E-state index in [9.17, 15) is 19.4 Å². The Bertz CT molecular complexity index is 1250. The molecule has 13 heteroatoms. The minimum absolute atomic E-state index is 0.209. The predicted octanol–water partition coefficient (Wildman–Crippen LogP) is 6.19. The third-order valence-electron chi connectivity index (χ3n) is 6.70. The van der Waals surface area contributed by atoms with Gasteiger partial charge in [0.2, 0.25) is 5.82 Å². The van der Waals surface area contributed by atoms with Crippen LogP contribution < -0.4 is 0 Å². The van der Waals surface area contributed by atoms with E-state index in [1.807, 2.05) is 18.5 Å². The molecule has 0 unspecified atom stereocenters. The van der Waals surface area contributed by atoms with Gasteiger partial charge in [-0.15, -0.1) is 10.2 Å². The molecule has 1 aliphatic carbocycles. The Kier molecular flexibility index (Phi) is 5.00. The second kappa shape index (κ2) is 7.20. The third-order valence-corrected chi connectivity index (χ3v) is 8.96. The van der Waals surface area contributed by atoms with E-state index in [1.165, 1.54) is 6.39 Å². The molecule has 2 aliphatic rings. The molecule has 0 radical (unpaired) electrons. The summed E-state index contributed by atoms with van der Waals surface area (Å²) >= 11 is 1.56. The molecule has 0 bridgehead atoms. The molecule has 5 rings (SSSR count). The summed E-state index contributed by atoms with van der Waals surface area (Å²) in [6.45, 7) is 3.97. The number of hydrogen-bond donors (Lipinski definition) is 0. The van der Waals surface area contributed by atoms with Crippen molar-refractivity contribution in [2.45, 2.75) is 35.2 Å². The first-order chi connectivity index (χ1) is 15.8. The Morgan fingerprint density at radius 1 is 1.21 bits per heavy atom. The Labute approximate surface area is 197 Å². The molecule has 34 heavy (non-hydrogen) atoms. The van der Waals surface area contributed by atoms with Crippen molar-refractivity contribution < 1.29 is 23.8 Å². The fourth-order valence-electron chi connectivity index (χ4n) is 4.86. The zero-order chi connectivity index (χ0) is 24.4. The van der Waals surface area contributed by atoms with Crippen LogP contribution in [-0.2, 0) is 12.5 Å². The summed E-state index contributed by atoms with van der Waals surface area (Å²) in [7, 11) is -7.82. The summed E-state index contributed by atoms with van der Waals surface area (Å²) in [6, 6.07) is 3.79. The number of oxazole rings is 1. The fourth-order valence-corrected chi connectivity index (χ4v) is 6.38. The van der Waals surface area contributed by atoms with Crippen molar-refractivity contribution in [3.63, 3.8) is 0 Å². The number of likely N-dealkylation sites (tertiary alicyclic amines) is 1. The molecule has 2 aromatic heterocycles. The first-order valence-corrected chi connectivity index (χ1v) is 13.7. The van der Waals surface area contributed by atoms with Gasteiger partial charge in [-0.05, 0) is 49.9 Å². The predicted molar refractivity (Wildman–Crippen MR) is 121 cm³/mol. The summed E-state index contributed by atoms with van der Waals surface area (Å²) in [5.41, 5.74) is 0.661. The number of thioether (sulfide) groups is 1. The lowest BCUT2D eigenvalue weighted by atomic mass is 9.95. The molecule has 186 valence electrons. The van der Waals surface area contributed by atoms with Gasteiger partial charge in [-0.25, -0.2) is 4.98 Å². The second-order valence-corrected chi connectivity index (χ2v) is 12.6. The van der Waals surface area contributed by atoms with Gasteiger partial charge in [0, 0.05) is 31.3 Å². The molecule has 0 spiro atoms. The number of benzene rings is 1. The highest BCUT2D eigenvalue weighted by atomic mass is 32.5. The molecule has 2 atom stereocenters. The van der Waals surface area contributed by atoms with Gasteiger partial charge >= 0.3 is 10.2 Å². The van der Waals surface area contributed by atoms with Gasteiger partial charge in [-0.2, -0.15) is 0 Å². The number of halogens is 5. The van der Waals surface area contributed by atoms with E-state index in [1.54, 1.807) is 17.8 Å². The van der Waals surface area contributed by atoms with E-state index >= 15 is 0 Å². The molecule has 0 N–H and O–H groups in total. The summed E-state index contributed by atoms with van der Waals surface area (Å²) in [4.78, 5) is 4.49. The maximum Gasteiger partial charge on any atom is 0.310 e. The zero-order valence-electron chi connectivity index (χ0n) is 18.6. The van der Waals surface area contributed by atoms with Gasteiger partial charge in [-0.1, -0.05) is 43.3 Å². The van der Waals surface area contributed by atoms with Crippen molar-refractivity contribution in [1.82, 2.24) is 24.6 Å². The van der Waals surface area contributed by atoms with E-state index in [-0.39, 0.29) is 5.92 Å². The maximum absolute atomic E-state index is 13.3. The number of aromatic nitrogens is 4. The van der Waals surface area contributed by atoms with Crippen molar-refractivity contribution in [3.05, 3.63) is 41.9 Å². The van der Waals surface area contributed by atoms with Crippen LogP contribution in [0, 0.1) is 12.8 Å². The van der Waals surface area contributed by atoms with Gasteiger partial charge < -0.3 is 13.9 Å². The fraction of sp³-hybridized carbons (Fsp3) is 0.476. The normalized spacial score (nSPS) is 24.6. The molecule has 1 saturated heterocycles. The highest BCUT2D eigenvalue weighted by Crippen LogP contribution is 3.02. The van der Waals surface area contributed by atoms with Crippen molar-refractivity contribution in [2.75, 3.05) is 25.4 Å². The third kappa shape index (κ3) is 4.33. The van der Waals surface area contributed by atoms with Crippen LogP contribution in [0.15, 0.2) is 45.1 Å². The number of aryl methyl sites for hydroxylation is 1. The van der Waals surface area contributed by atoms with Crippen LogP contribution in [-0.4, -0.2) is 50.0 Å². The minimum Gasteiger partial charge on any atom is -0.440 e. The number of nitrogens with zero attached hydrogens (tertiary/aromatic N) is 5. The van der Waals surface area contributed by atoms with Crippen LogP contribution in [0.3, 0.4) is 0 Å². The van der Waals surface area contributed by atoms with Crippen molar-refractivity contribution in [2.24, 2.45) is 13.0 Å². The minimum atomic E-state index is -9.68. The van der Waals surface area contributed by atoms with Gasteiger partial charge in [0.1, 0.15) is 4.90 Å². The monoisotopic (exact) mass is 521 g/mol. The lowest BCUT2D eigenvalue weighted by Gasteiger charge is -2.41. The summed E-state index contributed by atoms with van der Waals surface area (Å²) in [5, 5.41) is 9.15. The number of piperidine rings is 1. The molecule has 1 aromatic carbocycles. The smallest absolute Gasteiger partial charge is 0.310 e. The van der Waals surface area contributed by atoms with E-state index in [0.717, 1.165) is 48.6 Å². The van der Waals surface area contributed by atoms with E-state index in [0.29, 0.717) is 35.8 Å². The number of rotatable bonds is 8. The molecule has 1 aliphatic heterocycles. The van der Waals surface area contributed by atoms with Crippen LogP contribution in [0.1, 0.15) is 24.1 Å². The summed E-state index contributed by atoms with van der Waals surface area (Å²) in [5.74, 6) is 2.18. The first-order valence-electron chi connectivity index (χ1n) is 10.8. The molecule has 6 nitrogen and oxygen atoms in total. The first kappa shape index (κ1) is 23.6. The number of fused-ring (bicyclic) bond motifs is 1. The van der Waals surface area contributed by atoms with Crippen LogP contribution >= 0.6 is 22.0 Å². The van der Waals surface area contributed by atoms with Crippen molar-refractivity contribution in [1.29, 1.82) is 0 Å². The summed E-state index contributed by atoms with van der Waals surface area (Å²) < 4.78 is 73.6. The van der Waals surface area contributed by atoms with Gasteiger partial charge in [0.05, 0.1) is 5.69 Å². The zero-order valence-corrected chi connectivity index (χ0v) is 20.2. The van der Waals surface area contributed by atoms with Crippen LogP contribution in [0.4, 0.5) is 19.4 Å². The molecule has 1 saturated carbocycles. The number of hydrogen-bond acceptors (Lipinski definition) is 6. The standard InChI is InChI=1S/C21H24F5N5OS2/c1-14-18(32-13-27-14)19-28-29-20(30(19)2)33-8-4-7-31-11-16-10-21(16,12-31)15-5-3-6-17(9-15)34(22,23,24,25)26/h3,5-6,9,13,16H,4,7-8,10-12H2,1-2H3/t16-,21+/m0/s1. The SMILES string of the molecule is Cc1ncoc1-c1nnc(SCCCN2C[C@@H]3C[C@]3(c3cccc(S(F)(F)(F)(F)F)c3)C2)n1C. The summed E-state index contributed by atoms with van der Waals surface area (Å²) in [6.07, 6.45) is 2.96.